The lowest BCUT2D eigenvalue weighted by atomic mass is 9.84. The molecule has 0 unspecified atom stereocenters. The van der Waals surface area contributed by atoms with Crippen LogP contribution in [0.25, 0.3) is 0 Å². The van der Waals surface area contributed by atoms with E-state index in [-0.39, 0.29) is 6.29 Å². The second kappa shape index (κ2) is 8.90. The van der Waals surface area contributed by atoms with Gasteiger partial charge < -0.3 is 14.8 Å². The zero-order valence-electron chi connectivity index (χ0n) is 11.7. The quantitative estimate of drug-likeness (QED) is 0.665. The van der Waals surface area contributed by atoms with Gasteiger partial charge in [0.2, 0.25) is 0 Å². The maximum atomic E-state index is 5.53. The molecule has 0 heterocycles. The van der Waals surface area contributed by atoms with Crippen molar-refractivity contribution in [1.82, 2.24) is 5.32 Å². The summed E-state index contributed by atoms with van der Waals surface area (Å²) >= 11 is 0. The van der Waals surface area contributed by atoms with Crippen molar-refractivity contribution in [2.45, 2.75) is 65.2 Å². The Balaban J connectivity index is 2.16. The molecular formula is C14H29NO2. The van der Waals surface area contributed by atoms with Crippen LogP contribution in [0.15, 0.2) is 0 Å². The van der Waals surface area contributed by atoms with Crippen LogP contribution in [0.2, 0.25) is 0 Å². The first kappa shape index (κ1) is 14.9. The number of hydrogen-bond acceptors (Lipinski definition) is 3. The third kappa shape index (κ3) is 5.84. The van der Waals surface area contributed by atoms with E-state index in [1.807, 2.05) is 13.8 Å². The molecule has 3 heteroatoms. The van der Waals surface area contributed by atoms with Gasteiger partial charge in [-0.05, 0) is 45.4 Å². The van der Waals surface area contributed by atoms with Crippen molar-refractivity contribution in [1.29, 1.82) is 0 Å². The number of ether oxygens (including phenoxy) is 2. The van der Waals surface area contributed by atoms with Gasteiger partial charge in [-0.15, -0.1) is 0 Å². The molecule has 0 aromatic heterocycles. The van der Waals surface area contributed by atoms with Gasteiger partial charge in [-0.1, -0.05) is 13.3 Å². The minimum atomic E-state index is -0.0751. The number of rotatable bonds is 8. The number of hydrogen-bond donors (Lipinski definition) is 1. The van der Waals surface area contributed by atoms with Crippen molar-refractivity contribution in [3.8, 4) is 0 Å². The van der Waals surface area contributed by atoms with Crippen molar-refractivity contribution < 1.29 is 9.47 Å². The molecule has 17 heavy (non-hydrogen) atoms. The Morgan fingerprint density at radius 2 is 1.59 bits per heavy atom. The topological polar surface area (TPSA) is 30.5 Å². The molecule has 1 aliphatic rings. The number of nitrogens with one attached hydrogen (secondary N) is 1. The Kier molecular flexibility index (Phi) is 7.82. The van der Waals surface area contributed by atoms with Crippen LogP contribution in [-0.2, 0) is 9.47 Å². The molecule has 0 radical (unpaired) electrons. The molecule has 1 rings (SSSR count). The molecule has 102 valence electrons. The monoisotopic (exact) mass is 243 g/mol. The fourth-order valence-corrected chi connectivity index (χ4v) is 2.58. The third-order valence-corrected chi connectivity index (χ3v) is 3.70. The first-order valence-electron chi connectivity index (χ1n) is 7.26. The summed E-state index contributed by atoms with van der Waals surface area (Å²) in [5.41, 5.74) is 0. The highest BCUT2D eigenvalue weighted by atomic mass is 16.7. The van der Waals surface area contributed by atoms with Crippen LogP contribution in [0.4, 0.5) is 0 Å². The molecule has 1 saturated carbocycles. The summed E-state index contributed by atoms with van der Waals surface area (Å²) in [5, 5.41) is 3.59. The van der Waals surface area contributed by atoms with Gasteiger partial charge in [0.1, 0.15) is 0 Å². The molecule has 1 fully saturated rings. The highest BCUT2D eigenvalue weighted by Crippen LogP contribution is 2.26. The van der Waals surface area contributed by atoms with E-state index in [1.54, 1.807) is 0 Å². The Hall–Kier alpha value is -0.120. The second-order valence-electron chi connectivity index (χ2n) is 4.87. The highest BCUT2D eigenvalue weighted by Gasteiger charge is 2.20. The standard InChI is InChI=1S/C14H29NO2/c1-4-12-7-9-13(10-8-12)15-11-14(16-5-2)17-6-3/h12-15H,4-11H2,1-3H3. The van der Waals surface area contributed by atoms with Crippen molar-refractivity contribution in [2.24, 2.45) is 5.92 Å². The van der Waals surface area contributed by atoms with Gasteiger partial charge in [-0.3, -0.25) is 0 Å². The maximum absolute atomic E-state index is 5.53. The molecule has 0 atom stereocenters. The van der Waals surface area contributed by atoms with Crippen LogP contribution in [0.3, 0.4) is 0 Å². The molecule has 0 amide bonds. The highest BCUT2D eigenvalue weighted by molar-refractivity contribution is 4.76. The molecule has 3 nitrogen and oxygen atoms in total. The third-order valence-electron chi connectivity index (χ3n) is 3.70. The van der Waals surface area contributed by atoms with Gasteiger partial charge in [0.25, 0.3) is 0 Å². The average Bonchev–Trinajstić information content (AvgIpc) is 2.37. The summed E-state index contributed by atoms with van der Waals surface area (Å²) in [6.07, 6.45) is 6.64. The van der Waals surface area contributed by atoms with Crippen molar-refractivity contribution >= 4 is 0 Å². The normalized spacial score (nSPS) is 25.4. The average molecular weight is 243 g/mol. The van der Waals surface area contributed by atoms with E-state index < -0.39 is 0 Å². The molecule has 1 N–H and O–H groups in total. The van der Waals surface area contributed by atoms with Gasteiger partial charge in [0.05, 0.1) is 0 Å². The van der Waals surface area contributed by atoms with Gasteiger partial charge in [-0.25, -0.2) is 0 Å². The molecule has 0 bridgehead atoms. The summed E-state index contributed by atoms with van der Waals surface area (Å²) in [5.74, 6) is 0.961. The van der Waals surface area contributed by atoms with E-state index in [0.717, 1.165) is 25.7 Å². The Morgan fingerprint density at radius 3 is 2.06 bits per heavy atom. The van der Waals surface area contributed by atoms with E-state index in [4.69, 9.17) is 9.47 Å². The smallest absolute Gasteiger partial charge is 0.169 e. The van der Waals surface area contributed by atoms with Crippen LogP contribution in [0, 0.1) is 5.92 Å². The largest absolute Gasteiger partial charge is 0.352 e. The Bertz CT molecular complexity index is 173. The van der Waals surface area contributed by atoms with Gasteiger partial charge >= 0.3 is 0 Å². The zero-order chi connectivity index (χ0) is 12.5. The molecule has 0 aliphatic heterocycles. The summed E-state index contributed by atoms with van der Waals surface area (Å²) in [7, 11) is 0. The van der Waals surface area contributed by atoms with Gasteiger partial charge in [0, 0.05) is 25.8 Å². The molecular weight excluding hydrogens is 214 g/mol. The summed E-state index contributed by atoms with van der Waals surface area (Å²) in [6, 6.07) is 0.668. The van der Waals surface area contributed by atoms with E-state index in [0.29, 0.717) is 6.04 Å². The van der Waals surface area contributed by atoms with E-state index in [9.17, 15) is 0 Å². The van der Waals surface area contributed by atoms with Crippen LogP contribution in [-0.4, -0.2) is 32.1 Å². The van der Waals surface area contributed by atoms with Crippen LogP contribution >= 0.6 is 0 Å². The fraction of sp³-hybridized carbons (Fsp3) is 1.00. The predicted molar refractivity (Wildman–Crippen MR) is 71.1 cm³/mol. The first-order valence-corrected chi connectivity index (χ1v) is 7.26. The predicted octanol–water partition coefficient (Wildman–Crippen LogP) is 2.94. The fourth-order valence-electron chi connectivity index (χ4n) is 2.58. The van der Waals surface area contributed by atoms with Crippen molar-refractivity contribution in [2.75, 3.05) is 19.8 Å². The lowest BCUT2D eigenvalue weighted by Gasteiger charge is -2.29. The molecule has 0 saturated heterocycles. The van der Waals surface area contributed by atoms with Gasteiger partial charge in [0.15, 0.2) is 6.29 Å². The van der Waals surface area contributed by atoms with E-state index in [1.165, 1.54) is 32.1 Å². The van der Waals surface area contributed by atoms with Crippen LogP contribution in [0.5, 0.6) is 0 Å². The minimum Gasteiger partial charge on any atom is -0.352 e. The lowest BCUT2D eigenvalue weighted by molar-refractivity contribution is -0.134. The SMILES string of the molecule is CCOC(CNC1CCC(CC)CC1)OCC. The summed E-state index contributed by atoms with van der Waals surface area (Å²) in [4.78, 5) is 0. The molecule has 1 aliphatic carbocycles. The summed E-state index contributed by atoms with van der Waals surface area (Å²) < 4.78 is 11.1. The van der Waals surface area contributed by atoms with Crippen molar-refractivity contribution in [3.63, 3.8) is 0 Å². The molecule has 0 aromatic carbocycles. The molecule has 0 spiro atoms. The zero-order valence-corrected chi connectivity index (χ0v) is 11.7. The van der Waals surface area contributed by atoms with Crippen molar-refractivity contribution in [3.05, 3.63) is 0 Å². The van der Waals surface area contributed by atoms with E-state index >= 15 is 0 Å². The summed E-state index contributed by atoms with van der Waals surface area (Å²) in [6.45, 7) is 8.59. The van der Waals surface area contributed by atoms with Crippen LogP contribution in [0.1, 0.15) is 52.9 Å². The maximum Gasteiger partial charge on any atom is 0.169 e. The molecule has 0 aromatic rings. The lowest BCUT2D eigenvalue weighted by Crippen LogP contribution is -2.40. The Morgan fingerprint density at radius 1 is 1.00 bits per heavy atom. The van der Waals surface area contributed by atoms with E-state index in [2.05, 4.69) is 12.2 Å². The Labute approximate surface area is 106 Å². The van der Waals surface area contributed by atoms with Crippen LogP contribution < -0.4 is 5.32 Å². The first-order chi connectivity index (χ1) is 8.30. The van der Waals surface area contributed by atoms with Gasteiger partial charge in [-0.2, -0.15) is 0 Å². The second-order valence-corrected chi connectivity index (χ2v) is 4.87. The minimum absolute atomic E-state index is 0.0751.